The molecule has 0 aliphatic heterocycles. The average Bonchev–Trinajstić information content (AvgIpc) is 2.38. The Morgan fingerprint density at radius 2 is 1.82 bits per heavy atom. The van der Waals surface area contributed by atoms with E-state index in [9.17, 15) is 5.11 Å². The Balaban J connectivity index is 2.52. The molecule has 2 aromatic rings. The van der Waals surface area contributed by atoms with Gasteiger partial charge in [0.05, 0.1) is 6.10 Å². The Morgan fingerprint density at radius 3 is 2.53 bits per heavy atom. The first-order chi connectivity index (χ1) is 8.22. The van der Waals surface area contributed by atoms with Crippen molar-refractivity contribution in [1.82, 2.24) is 0 Å². The summed E-state index contributed by atoms with van der Waals surface area (Å²) in [4.78, 5) is 0. The Labute approximate surface area is 103 Å². The van der Waals surface area contributed by atoms with Gasteiger partial charge >= 0.3 is 0 Å². The Bertz CT molecular complexity index is 502. The normalized spacial score (nSPS) is 12.4. The molecule has 1 atom stereocenters. The van der Waals surface area contributed by atoms with Gasteiger partial charge in [-0.3, -0.25) is 0 Å². The highest BCUT2D eigenvalue weighted by Crippen LogP contribution is 2.29. The Morgan fingerprint density at radius 1 is 1.06 bits per heavy atom. The van der Waals surface area contributed by atoms with Crippen LogP contribution in [-0.2, 0) is 0 Å². The molecule has 0 bridgehead atoms. The maximum Gasteiger partial charge on any atom is 0.0793 e. The van der Waals surface area contributed by atoms with Crippen LogP contribution < -0.4 is 0 Å². The minimum Gasteiger partial charge on any atom is -0.388 e. The summed E-state index contributed by atoms with van der Waals surface area (Å²) in [7, 11) is 0. The molecule has 2 rings (SSSR count). The van der Waals surface area contributed by atoms with Gasteiger partial charge in [-0.25, -0.2) is 0 Å². The average molecular weight is 226 g/mol. The third-order valence-corrected chi connectivity index (χ3v) is 3.04. The summed E-state index contributed by atoms with van der Waals surface area (Å²) >= 11 is 0. The van der Waals surface area contributed by atoms with E-state index >= 15 is 0 Å². The first-order valence-electron chi connectivity index (χ1n) is 6.06. The maximum atomic E-state index is 10.0. The van der Waals surface area contributed by atoms with E-state index in [2.05, 4.69) is 37.3 Å². The van der Waals surface area contributed by atoms with Crippen LogP contribution >= 0.6 is 0 Å². The van der Waals surface area contributed by atoms with Gasteiger partial charge in [0.2, 0.25) is 0 Å². The summed E-state index contributed by atoms with van der Waals surface area (Å²) in [6.45, 7) is 4.08. The van der Waals surface area contributed by atoms with Crippen LogP contribution in [0.1, 0.15) is 30.6 Å². The van der Waals surface area contributed by atoms with Crippen molar-refractivity contribution in [2.45, 2.75) is 26.4 Å². The zero-order valence-electron chi connectivity index (χ0n) is 10.4. The first kappa shape index (κ1) is 11.9. The molecule has 0 heterocycles. The molecule has 88 valence electrons. The van der Waals surface area contributed by atoms with E-state index in [1.165, 1.54) is 11.1 Å². The van der Waals surface area contributed by atoms with Crippen LogP contribution in [0.15, 0.2) is 48.5 Å². The number of benzene rings is 2. The zero-order valence-corrected chi connectivity index (χ0v) is 10.4. The van der Waals surface area contributed by atoms with Gasteiger partial charge in [0.25, 0.3) is 0 Å². The minimum absolute atomic E-state index is 0.383. The molecule has 0 aliphatic carbocycles. The van der Waals surface area contributed by atoms with Crippen LogP contribution in [0.5, 0.6) is 0 Å². The van der Waals surface area contributed by atoms with Gasteiger partial charge in [0, 0.05) is 0 Å². The lowest BCUT2D eigenvalue weighted by molar-refractivity contribution is 0.174. The lowest BCUT2D eigenvalue weighted by atomic mass is 9.94. The standard InChI is InChI=1S/C16H18O/c1-3-16(17)15-10-5-4-9-14(15)13-8-6-7-12(2)11-13/h4-11,16-17H,3H2,1-2H3/t16-/m0/s1. The van der Waals surface area contributed by atoms with Crippen molar-refractivity contribution in [1.29, 1.82) is 0 Å². The van der Waals surface area contributed by atoms with E-state index in [0.29, 0.717) is 0 Å². The molecule has 17 heavy (non-hydrogen) atoms. The van der Waals surface area contributed by atoms with E-state index in [4.69, 9.17) is 0 Å². The van der Waals surface area contributed by atoms with Gasteiger partial charge in [0.1, 0.15) is 0 Å². The molecule has 1 N–H and O–H groups in total. The van der Waals surface area contributed by atoms with Crippen LogP contribution in [0.3, 0.4) is 0 Å². The summed E-state index contributed by atoms with van der Waals surface area (Å²) < 4.78 is 0. The van der Waals surface area contributed by atoms with Gasteiger partial charge in [-0.15, -0.1) is 0 Å². The Hall–Kier alpha value is -1.60. The predicted molar refractivity (Wildman–Crippen MR) is 71.9 cm³/mol. The summed E-state index contributed by atoms with van der Waals surface area (Å²) in [5, 5.41) is 10.0. The van der Waals surface area contributed by atoms with E-state index in [1.54, 1.807) is 0 Å². The minimum atomic E-state index is -0.383. The molecule has 0 amide bonds. The smallest absolute Gasteiger partial charge is 0.0793 e. The van der Waals surface area contributed by atoms with Crippen molar-refractivity contribution in [3.63, 3.8) is 0 Å². The van der Waals surface area contributed by atoms with Crippen LogP contribution in [-0.4, -0.2) is 5.11 Å². The van der Waals surface area contributed by atoms with E-state index in [-0.39, 0.29) is 6.10 Å². The second-order valence-corrected chi connectivity index (χ2v) is 4.38. The Kier molecular flexibility index (Phi) is 3.60. The predicted octanol–water partition coefficient (Wildman–Crippen LogP) is 4.11. The molecule has 0 radical (unpaired) electrons. The van der Waals surface area contributed by atoms with Crippen molar-refractivity contribution in [3.8, 4) is 11.1 Å². The monoisotopic (exact) mass is 226 g/mol. The molecule has 0 fully saturated rings. The molecule has 2 aromatic carbocycles. The lowest BCUT2D eigenvalue weighted by Crippen LogP contribution is -1.98. The molecule has 0 saturated heterocycles. The van der Waals surface area contributed by atoms with Crippen LogP contribution in [0.2, 0.25) is 0 Å². The van der Waals surface area contributed by atoms with Crippen molar-refractivity contribution in [3.05, 3.63) is 59.7 Å². The first-order valence-corrected chi connectivity index (χ1v) is 6.06. The van der Waals surface area contributed by atoms with Crippen LogP contribution in [0, 0.1) is 6.92 Å². The largest absolute Gasteiger partial charge is 0.388 e. The fourth-order valence-corrected chi connectivity index (χ4v) is 2.08. The highest BCUT2D eigenvalue weighted by molar-refractivity contribution is 5.68. The van der Waals surface area contributed by atoms with Crippen LogP contribution in [0.4, 0.5) is 0 Å². The van der Waals surface area contributed by atoms with E-state index in [0.717, 1.165) is 17.5 Å². The summed E-state index contributed by atoms with van der Waals surface area (Å²) in [6.07, 6.45) is 0.356. The molecule has 0 aliphatic rings. The lowest BCUT2D eigenvalue weighted by Gasteiger charge is -2.14. The second kappa shape index (κ2) is 5.15. The third-order valence-electron chi connectivity index (χ3n) is 3.04. The number of aliphatic hydroxyl groups excluding tert-OH is 1. The second-order valence-electron chi connectivity index (χ2n) is 4.38. The molecule has 0 aromatic heterocycles. The maximum absolute atomic E-state index is 10.0. The molecule has 0 unspecified atom stereocenters. The SMILES string of the molecule is CC[C@H](O)c1ccccc1-c1cccc(C)c1. The molecule has 0 saturated carbocycles. The quantitative estimate of drug-likeness (QED) is 0.835. The number of aryl methyl sites for hydroxylation is 1. The zero-order chi connectivity index (χ0) is 12.3. The molecule has 1 nitrogen and oxygen atoms in total. The van der Waals surface area contributed by atoms with Gasteiger partial charge in [-0.05, 0) is 30.0 Å². The van der Waals surface area contributed by atoms with Crippen LogP contribution in [0.25, 0.3) is 11.1 Å². The highest BCUT2D eigenvalue weighted by Gasteiger charge is 2.11. The van der Waals surface area contributed by atoms with Gasteiger partial charge < -0.3 is 5.11 Å². The topological polar surface area (TPSA) is 20.2 Å². The molecular weight excluding hydrogens is 208 g/mol. The molecule has 1 heteroatoms. The summed E-state index contributed by atoms with van der Waals surface area (Å²) in [6, 6.07) is 16.5. The van der Waals surface area contributed by atoms with Crippen molar-refractivity contribution < 1.29 is 5.11 Å². The van der Waals surface area contributed by atoms with E-state index in [1.807, 2.05) is 25.1 Å². The fraction of sp³-hybridized carbons (Fsp3) is 0.250. The number of rotatable bonds is 3. The van der Waals surface area contributed by atoms with Gasteiger partial charge in [0.15, 0.2) is 0 Å². The van der Waals surface area contributed by atoms with E-state index < -0.39 is 0 Å². The summed E-state index contributed by atoms with van der Waals surface area (Å²) in [5.41, 5.74) is 4.56. The number of hydrogen-bond donors (Lipinski definition) is 1. The van der Waals surface area contributed by atoms with Crippen molar-refractivity contribution in [2.75, 3.05) is 0 Å². The van der Waals surface area contributed by atoms with Gasteiger partial charge in [-0.1, -0.05) is 61.0 Å². The summed E-state index contributed by atoms with van der Waals surface area (Å²) in [5.74, 6) is 0. The fourth-order valence-electron chi connectivity index (χ4n) is 2.08. The van der Waals surface area contributed by atoms with Gasteiger partial charge in [-0.2, -0.15) is 0 Å². The van der Waals surface area contributed by atoms with Crippen molar-refractivity contribution >= 4 is 0 Å². The third kappa shape index (κ3) is 2.56. The highest BCUT2D eigenvalue weighted by atomic mass is 16.3. The van der Waals surface area contributed by atoms with Crippen molar-refractivity contribution in [2.24, 2.45) is 0 Å². The molecule has 0 spiro atoms. The number of hydrogen-bond acceptors (Lipinski definition) is 1. The number of aliphatic hydroxyl groups is 1. The molecular formula is C16H18O.